The predicted molar refractivity (Wildman–Crippen MR) is 78.3 cm³/mol. The van der Waals surface area contributed by atoms with Gasteiger partial charge in [0.05, 0.1) is 0 Å². The van der Waals surface area contributed by atoms with Crippen LogP contribution >= 0.6 is 15.9 Å². The Morgan fingerprint density at radius 3 is 2.44 bits per heavy atom. The van der Waals surface area contributed by atoms with E-state index in [1.807, 2.05) is 0 Å². The Kier molecular flexibility index (Phi) is 5.24. The molecule has 0 unspecified atom stereocenters. The summed E-state index contributed by atoms with van der Waals surface area (Å²) in [6, 6.07) is 8.93. The van der Waals surface area contributed by atoms with Gasteiger partial charge in [-0.2, -0.15) is 0 Å². The number of halogens is 1. The summed E-state index contributed by atoms with van der Waals surface area (Å²) in [5, 5.41) is 2.75. The first-order valence-corrected chi connectivity index (χ1v) is 7.57. The minimum absolute atomic E-state index is 0.138. The van der Waals surface area contributed by atoms with E-state index >= 15 is 0 Å². The van der Waals surface area contributed by atoms with Crippen molar-refractivity contribution in [2.24, 2.45) is 0 Å². The molecule has 0 radical (unpaired) electrons. The van der Waals surface area contributed by atoms with E-state index < -0.39 is 0 Å². The summed E-state index contributed by atoms with van der Waals surface area (Å²) in [6.07, 6.45) is 7.74. The Morgan fingerprint density at radius 1 is 1.17 bits per heavy atom. The molecule has 0 bridgehead atoms. The third-order valence-corrected chi connectivity index (χ3v) is 4.01. The van der Waals surface area contributed by atoms with Crippen LogP contribution in [0.5, 0.6) is 0 Å². The summed E-state index contributed by atoms with van der Waals surface area (Å²) in [5.41, 5.74) is 2.78. The van der Waals surface area contributed by atoms with Gasteiger partial charge in [0.25, 0.3) is 4.82 Å². The molecule has 1 saturated carbocycles. The lowest BCUT2D eigenvalue weighted by Crippen LogP contribution is -2.18. The number of carbonyl (C=O) groups is 1. The summed E-state index contributed by atoms with van der Waals surface area (Å²) >= 11 is 2.86. The Bertz CT molecular complexity index is 382. The molecule has 1 aromatic rings. The standard InChI is InChI=1S/C15H20BrNO/c16-15(18)17-11-10-12-6-8-14(9-7-12)13-4-2-1-3-5-13/h6-9,13H,1-5,10-11H2,(H,17,18). The molecule has 1 aromatic carbocycles. The summed E-state index contributed by atoms with van der Waals surface area (Å²) in [6.45, 7) is 0.687. The average Bonchev–Trinajstić information content (AvgIpc) is 2.40. The van der Waals surface area contributed by atoms with Gasteiger partial charge in [-0.3, -0.25) is 4.79 Å². The molecule has 0 spiro atoms. The van der Waals surface area contributed by atoms with E-state index in [4.69, 9.17) is 0 Å². The van der Waals surface area contributed by atoms with Crippen LogP contribution in [0.25, 0.3) is 0 Å². The smallest absolute Gasteiger partial charge is 0.287 e. The van der Waals surface area contributed by atoms with Crippen LogP contribution in [0.1, 0.15) is 49.1 Å². The Balaban J connectivity index is 1.86. The highest BCUT2D eigenvalue weighted by Gasteiger charge is 2.14. The van der Waals surface area contributed by atoms with E-state index in [1.54, 1.807) is 0 Å². The van der Waals surface area contributed by atoms with Gasteiger partial charge in [-0.05, 0) is 36.3 Å². The number of hydrogen-bond acceptors (Lipinski definition) is 1. The lowest BCUT2D eigenvalue weighted by molar-refractivity contribution is 0.262. The number of hydrogen-bond donors (Lipinski definition) is 1. The normalized spacial score (nSPS) is 16.5. The van der Waals surface area contributed by atoms with Crippen molar-refractivity contribution in [1.29, 1.82) is 0 Å². The van der Waals surface area contributed by atoms with Gasteiger partial charge in [0.2, 0.25) is 0 Å². The van der Waals surface area contributed by atoms with Crippen LogP contribution in [0, 0.1) is 0 Å². The highest BCUT2D eigenvalue weighted by molar-refractivity contribution is 9.18. The van der Waals surface area contributed by atoms with Crippen molar-refractivity contribution in [2.45, 2.75) is 44.4 Å². The van der Waals surface area contributed by atoms with E-state index in [0.717, 1.165) is 12.3 Å². The highest BCUT2D eigenvalue weighted by atomic mass is 79.9. The average molecular weight is 310 g/mol. The van der Waals surface area contributed by atoms with Gasteiger partial charge in [-0.1, -0.05) is 43.5 Å². The van der Waals surface area contributed by atoms with Crippen LogP contribution in [-0.4, -0.2) is 11.4 Å². The molecule has 0 saturated heterocycles. The van der Waals surface area contributed by atoms with Crippen molar-refractivity contribution in [1.82, 2.24) is 5.32 Å². The van der Waals surface area contributed by atoms with Crippen LogP contribution in [0.4, 0.5) is 4.79 Å². The van der Waals surface area contributed by atoms with Gasteiger partial charge in [0.15, 0.2) is 0 Å². The van der Waals surface area contributed by atoms with Gasteiger partial charge in [0.1, 0.15) is 0 Å². The first-order chi connectivity index (χ1) is 8.75. The van der Waals surface area contributed by atoms with Crippen LogP contribution in [0.15, 0.2) is 24.3 Å². The van der Waals surface area contributed by atoms with Crippen LogP contribution in [-0.2, 0) is 6.42 Å². The predicted octanol–water partition coefficient (Wildman–Crippen LogP) is 4.38. The molecule has 0 aromatic heterocycles. The van der Waals surface area contributed by atoms with Gasteiger partial charge in [0, 0.05) is 22.5 Å². The topological polar surface area (TPSA) is 29.1 Å². The van der Waals surface area contributed by atoms with Crippen molar-refractivity contribution < 1.29 is 4.79 Å². The van der Waals surface area contributed by atoms with Crippen LogP contribution in [0.3, 0.4) is 0 Å². The molecular weight excluding hydrogens is 290 g/mol. The third kappa shape index (κ3) is 4.13. The Labute approximate surface area is 117 Å². The molecule has 0 heterocycles. The van der Waals surface area contributed by atoms with Gasteiger partial charge >= 0.3 is 0 Å². The van der Waals surface area contributed by atoms with E-state index in [2.05, 4.69) is 45.5 Å². The van der Waals surface area contributed by atoms with E-state index in [1.165, 1.54) is 43.2 Å². The molecule has 0 atom stereocenters. The lowest BCUT2D eigenvalue weighted by atomic mass is 9.84. The van der Waals surface area contributed by atoms with Crippen molar-refractivity contribution >= 4 is 20.7 Å². The summed E-state index contributed by atoms with van der Waals surface area (Å²) in [4.78, 5) is 10.6. The second kappa shape index (κ2) is 6.93. The summed E-state index contributed by atoms with van der Waals surface area (Å²) in [5.74, 6) is 0.773. The molecular formula is C15H20BrNO. The molecule has 1 aliphatic rings. The zero-order chi connectivity index (χ0) is 12.8. The first kappa shape index (κ1) is 13.6. The van der Waals surface area contributed by atoms with Gasteiger partial charge < -0.3 is 5.32 Å². The van der Waals surface area contributed by atoms with E-state index in [9.17, 15) is 4.79 Å². The molecule has 1 amide bonds. The first-order valence-electron chi connectivity index (χ1n) is 6.78. The maximum atomic E-state index is 10.7. The minimum Gasteiger partial charge on any atom is -0.346 e. The molecule has 1 fully saturated rings. The summed E-state index contributed by atoms with van der Waals surface area (Å²) in [7, 11) is 0. The molecule has 98 valence electrons. The second-order valence-corrected chi connectivity index (χ2v) is 5.75. The molecule has 18 heavy (non-hydrogen) atoms. The molecule has 1 N–H and O–H groups in total. The molecule has 2 nitrogen and oxygen atoms in total. The number of rotatable bonds is 4. The van der Waals surface area contributed by atoms with Gasteiger partial charge in [-0.25, -0.2) is 0 Å². The van der Waals surface area contributed by atoms with Crippen molar-refractivity contribution in [2.75, 3.05) is 6.54 Å². The largest absolute Gasteiger partial charge is 0.346 e. The lowest BCUT2D eigenvalue weighted by Gasteiger charge is -2.22. The van der Waals surface area contributed by atoms with Crippen molar-refractivity contribution in [3.05, 3.63) is 35.4 Å². The number of carbonyl (C=O) groups excluding carboxylic acids is 1. The zero-order valence-corrected chi connectivity index (χ0v) is 12.2. The van der Waals surface area contributed by atoms with Crippen LogP contribution in [0.2, 0.25) is 0 Å². The number of nitrogens with one attached hydrogen (secondary N) is 1. The fraction of sp³-hybridized carbons (Fsp3) is 0.533. The highest BCUT2D eigenvalue weighted by Crippen LogP contribution is 2.32. The number of amides is 1. The third-order valence-electron chi connectivity index (χ3n) is 3.73. The maximum Gasteiger partial charge on any atom is 0.287 e. The maximum absolute atomic E-state index is 10.7. The fourth-order valence-corrected chi connectivity index (χ4v) is 2.90. The molecule has 0 aliphatic heterocycles. The zero-order valence-electron chi connectivity index (χ0n) is 10.6. The second-order valence-electron chi connectivity index (χ2n) is 5.03. The Hall–Kier alpha value is -0.830. The molecule has 3 heteroatoms. The summed E-state index contributed by atoms with van der Waals surface area (Å²) < 4.78 is 0. The number of benzene rings is 1. The van der Waals surface area contributed by atoms with Crippen LogP contribution < -0.4 is 5.32 Å². The van der Waals surface area contributed by atoms with Gasteiger partial charge in [-0.15, -0.1) is 0 Å². The van der Waals surface area contributed by atoms with E-state index in [-0.39, 0.29) is 4.82 Å². The van der Waals surface area contributed by atoms with Crippen molar-refractivity contribution in [3.63, 3.8) is 0 Å². The quantitative estimate of drug-likeness (QED) is 0.649. The molecule has 1 aliphatic carbocycles. The Morgan fingerprint density at radius 2 is 1.83 bits per heavy atom. The fourth-order valence-electron chi connectivity index (χ4n) is 2.70. The monoisotopic (exact) mass is 309 g/mol. The molecule has 2 rings (SSSR count). The van der Waals surface area contributed by atoms with Crippen molar-refractivity contribution in [3.8, 4) is 0 Å². The van der Waals surface area contributed by atoms with E-state index in [0.29, 0.717) is 6.54 Å². The SMILES string of the molecule is O=C(Br)NCCc1ccc(C2CCCCC2)cc1. The minimum atomic E-state index is -0.138.